The molecule has 0 aromatic heterocycles. The van der Waals surface area contributed by atoms with Crippen LogP contribution in [0.2, 0.25) is 0 Å². The molecule has 1 aromatic rings. The molecule has 20 heavy (non-hydrogen) atoms. The molecule has 0 heterocycles. The first-order valence-corrected chi connectivity index (χ1v) is 6.66. The monoisotopic (exact) mass is 275 g/mol. The van der Waals surface area contributed by atoms with Crippen molar-refractivity contribution in [1.82, 2.24) is 0 Å². The lowest BCUT2D eigenvalue weighted by molar-refractivity contribution is -0.151. The summed E-state index contributed by atoms with van der Waals surface area (Å²) in [7, 11) is 0. The number of rotatable bonds is 7. The Bertz CT molecular complexity index is 462. The molecular weight excluding hydrogens is 254 g/mol. The number of hydrogen-bond donors (Lipinski definition) is 0. The third-order valence-electron chi connectivity index (χ3n) is 3.04. The highest BCUT2D eigenvalue weighted by Crippen LogP contribution is 2.25. The standard InChI is InChI=1S/C16H21NO3/c1-13(18)20-15(16(2,3)12-17)9-10-19-11-14-7-5-4-6-8-14/h4-8,15H,9-11H2,1-3H3. The Labute approximate surface area is 120 Å². The molecule has 0 saturated heterocycles. The maximum atomic E-state index is 11.1. The predicted octanol–water partition coefficient (Wildman–Crippen LogP) is 3.07. The summed E-state index contributed by atoms with van der Waals surface area (Å²) in [5.41, 5.74) is 0.373. The van der Waals surface area contributed by atoms with E-state index in [4.69, 9.17) is 14.7 Å². The number of esters is 1. The molecule has 0 aliphatic rings. The zero-order chi connectivity index (χ0) is 15.0. The van der Waals surface area contributed by atoms with Crippen LogP contribution in [0.15, 0.2) is 30.3 Å². The second kappa shape index (κ2) is 7.66. The normalized spacial score (nSPS) is 12.5. The van der Waals surface area contributed by atoms with Crippen molar-refractivity contribution in [3.63, 3.8) is 0 Å². The van der Waals surface area contributed by atoms with Crippen LogP contribution in [0.3, 0.4) is 0 Å². The molecule has 4 heteroatoms. The summed E-state index contributed by atoms with van der Waals surface area (Å²) in [6.07, 6.45) is 0.0493. The molecule has 1 aromatic carbocycles. The molecule has 0 amide bonds. The van der Waals surface area contributed by atoms with Gasteiger partial charge in [0.25, 0.3) is 0 Å². The Balaban J connectivity index is 2.43. The van der Waals surface area contributed by atoms with E-state index >= 15 is 0 Å². The molecule has 0 aliphatic heterocycles. The SMILES string of the molecule is CC(=O)OC(CCOCc1ccccc1)C(C)(C)C#N. The van der Waals surface area contributed by atoms with Crippen LogP contribution >= 0.6 is 0 Å². The lowest BCUT2D eigenvalue weighted by Crippen LogP contribution is -2.33. The third-order valence-corrected chi connectivity index (χ3v) is 3.04. The van der Waals surface area contributed by atoms with Gasteiger partial charge in [-0.2, -0.15) is 5.26 Å². The minimum atomic E-state index is -0.720. The van der Waals surface area contributed by atoms with Gasteiger partial charge in [-0.15, -0.1) is 0 Å². The lowest BCUT2D eigenvalue weighted by atomic mass is 9.86. The Morgan fingerprint density at radius 1 is 1.35 bits per heavy atom. The van der Waals surface area contributed by atoms with Gasteiger partial charge in [0.15, 0.2) is 0 Å². The van der Waals surface area contributed by atoms with Gasteiger partial charge in [0, 0.05) is 13.3 Å². The van der Waals surface area contributed by atoms with Crippen LogP contribution in [0.4, 0.5) is 0 Å². The Kier molecular flexibility index (Phi) is 6.20. The Morgan fingerprint density at radius 2 is 2.00 bits per heavy atom. The zero-order valence-corrected chi connectivity index (χ0v) is 12.3. The Morgan fingerprint density at radius 3 is 2.55 bits per heavy atom. The lowest BCUT2D eigenvalue weighted by Gasteiger charge is -2.27. The van der Waals surface area contributed by atoms with Gasteiger partial charge in [0.1, 0.15) is 6.10 Å². The largest absolute Gasteiger partial charge is 0.461 e. The van der Waals surface area contributed by atoms with E-state index in [9.17, 15) is 4.79 Å². The van der Waals surface area contributed by atoms with Crippen molar-refractivity contribution in [2.45, 2.75) is 39.9 Å². The van der Waals surface area contributed by atoms with Gasteiger partial charge in [0.2, 0.25) is 0 Å². The second-order valence-electron chi connectivity index (χ2n) is 5.26. The molecule has 0 N–H and O–H groups in total. The van der Waals surface area contributed by atoms with E-state index in [0.717, 1.165) is 5.56 Å². The summed E-state index contributed by atoms with van der Waals surface area (Å²) in [5.74, 6) is -0.374. The van der Waals surface area contributed by atoms with E-state index in [-0.39, 0.29) is 5.97 Å². The highest BCUT2D eigenvalue weighted by atomic mass is 16.5. The van der Waals surface area contributed by atoms with Crippen LogP contribution in [0.25, 0.3) is 0 Å². The van der Waals surface area contributed by atoms with Gasteiger partial charge in [-0.3, -0.25) is 4.79 Å². The topological polar surface area (TPSA) is 59.3 Å². The first-order valence-electron chi connectivity index (χ1n) is 6.66. The van der Waals surface area contributed by atoms with Crippen LogP contribution in [0.1, 0.15) is 32.8 Å². The highest BCUT2D eigenvalue weighted by molar-refractivity contribution is 5.66. The van der Waals surface area contributed by atoms with Gasteiger partial charge >= 0.3 is 5.97 Å². The average molecular weight is 275 g/mol. The van der Waals surface area contributed by atoms with Crippen molar-refractivity contribution < 1.29 is 14.3 Å². The van der Waals surface area contributed by atoms with Gasteiger partial charge in [-0.05, 0) is 19.4 Å². The van der Waals surface area contributed by atoms with Gasteiger partial charge in [-0.1, -0.05) is 30.3 Å². The van der Waals surface area contributed by atoms with Crippen molar-refractivity contribution in [3.8, 4) is 6.07 Å². The smallest absolute Gasteiger partial charge is 0.302 e. The van der Waals surface area contributed by atoms with Gasteiger partial charge in [0.05, 0.1) is 24.7 Å². The van der Waals surface area contributed by atoms with E-state index in [1.807, 2.05) is 30.3 Å². The first-order chi connectivity index (χ1) is 9.45. The molecule has 0 spiro atoms. The van der Waals surface area contributed by atoms with Crippen molar-refractivity contribution in [2.75, 3.05) is 6.61 Å². The van der Waals surface area contributed by atoms with Crippen molar-refractivity contribution in [1.29, 1.82) is 5.26 Å². The number of hydrogen-bond acceptors (Lipinski definition) is 4. The van der Waals surface area contributed by atoms with Crippen LogP contribution in [0.5, 0.6) is 0 Å². The van der Waals surface area contributed by atoms with Crippen molar-refractivity contribution in [3.05, 3.63) is 35.9 Å². The first kappa shape index (κ1) is 16.2. The van der Waals surface area contributed by atoms with Crippen LogP contribution < -0.4 is 0 Å². The van der Waals surface area contributed by atoms with E-state index in [0.29, 0.717) is 19.6 Å². The van der Waals surface area contributed by atoms with Crippen molar-refractivity contribution >= 4 is 5.97 Å². The fourth-order valence-corrected chi connectivity index (χ4v) is 1.79. The third kappa shape index (κ3) is 5.41. The molecule has 0 radical (unpaired) electrons. The molecule has 1 rings (SSSR count). The minimum Gasteiger partial charge on any atom is -0.461 e. The van der Waals surface area contributed by atoms with E-state index in [2.05, 4.69) is 6.07 Å². The van der Waals surface area contributed by atoms with E-state index in [1.54, 1.807) is 13.8 Å². The van der Waals surface area contributed by atoms with Crippen LogP contribution in [-0.2, 0) is 20.9 Å². The number of benzene rings is 1. The fraction of sp³-hybridized carbons (Fsp3) is 0.500. The number of ether oxygens (including phenoxy) is 2. The molecule has 0 aliphatic carbocycles. The molecule has 1 atom stereocenters. The van der Waals surface area contributed by atoms with Crippen molar-refractivity contribution in [2.24, 2.45) is 5.41 Å². The summed E-state index contributed by atoms with van der Waals surface area (Å²) in [6, 6.07) is 12.0. The molecule has 0 bridgehead atoms. The zero-order valence-electron chi connectivity index (χ0n) is 12.3. The summed E-state index contributed by atoms with van der Waals surface area (Å²) in [5, 5.41) is 9.13. The molecule has 0 fully saturated rings. The fourth-order valence-electron chi connectivity index (χ4n) is 1.79. The molecule has 0 saturated carbocycles. The number of carbonyl (C=O) groups excluding carboxylic acids is 1. The van der Waals surface area contributed by atoms with E-state index in [1.165, 1.54) is 6.92 Å². The molecular formula is C16H21NO3. The molecule has 1 unspecified atom stereocenters. The minimum absolute atomic E-state index is 0.374. The quantitative estimate of drug-likeness (QED) is 0.567. The number of nitriles is 1. The summed E-state index contributed by atoms with van der Waals surface area (Å²) < 4.78 is 10.8. The maximum Gasteiger partial charge on any atom is 0.302 e. The maximum absolute atomic E-state index is 11.1. The summed E-state index contributed by atoms with van der Waals surface area (Å²) >= 11 is 0. The Hall–Kier alpha value is -1.86. The van der Waals surface area contributed by atoms with Crippen LogP contribution in [0, 0.1) is 16.7 Å². The van der Waals surface area contributed by atoms with Crippen LogP contribution in [-0.4, -0.2) is 18.7 Å². The predicted molar refractivity (Wildman–Crippen MR) is 75.7 cm³/mol. The summed E-state index contributed by atoms with van der Waals surface area (Å²) in [4.78, 5) is 11.1. The average Bonchev–Trinajstić information content (AvgIpc) is 2.43. The number of nitrogens with zero attached hydrogens (tertiary/aromatic N) is 1. The molecule has 108 valence electrons. The second-order valence-corrected chi connectivity index (χ2v) is 5.26. The van der Waals surface area contributed by atoms with Gasteiger partial charge in [-0.25, -0.2) is 0 Å². The van der Waals surface area contributed by atoms with Gasteiger partial charge < -0.3 is 9.47 Å². The number of carbonyl (C=O) groups is 1. The summed E-state index contributed by atoms with van der Waals surface area (Å²) in [6.45, 7) is 5.83. The molecule has 4 nitrogen and oxygen atoms in total. The van der Waals surface area contributed by atoms with E-state index < -0.39 is 11.5 Å². The highest BCUT2D eigenvalue weighted by Gasteiger charge is 2.31.